The third-order valence-electron chi connectivity index (χ3n) is 10.1. The number of para-hydroxylation sites is 2. The van der Waals surface area contributed by atoms with Crippen molar-refractivity contribution in [1.29, 1.82) is 0 Å². The molecule has 0 amide bonds. The van der Waals surface area contributed by atoms with Crippen molar-refractivity contribution in [2.24, 2.45) is 0 Å². The number of benzene rings is 7. The molecule has 0 atom stereocenters. The van der Waals surface area contributed by atoms with E-state index in [0.717, 1.165) is 50.4 Å². The van der Waals surface area contributed by atoms with Gasteiger partial charge in [0.1, 0.15) is 0 Å². The van der Waals surface area contributed by atoms with E-state index in [1.165, 1.54) is 38.3 Å². The fraction of sp³-hybridized carbons (Fsp3) is 0. The highest BCUT2D eigenvalue weighted by Gasteiger charge is 2.16. The van der Waals surface area contributed by atoms with Gasteiger partial charge < -0.3 is 4.57 Å². The molecule has 248 valence electrons. The first kappa shape index (κ1) is 30.6. The van der Waals surface area contributed by atoms with Crippen LogP contribution in [0.15, 0.2) is 194 Å². The zero-order valence-corrected chi connectivity index (χ0v) is 28.8. The van der Waals surface area contributed by atoms with Gasteiger partial charge in [0.05, 0.1) is 28.1 Å². The van der Waals surface area contributed by atoms with Crippen LogP contribution in [0.4, 0.5) is 0 Å². The van der Waals surface area contributed by atoms with Crippen LogP contribution in [0.2, 0.25) is 0 Å². The minimum absolute atomic E-state index is 0.695. The summed E-state index contributed by atoms with van der Waals surface area (Å²) in [6.45, 7) is 0. The van der Waals surface area contributed by atoms with E-state index in [1.54, 1.807) is 0 Å². The first-order chi connectivity index (χ1) is 26.3. The molecule has 0 unspecified atom stereocenters. The van der Waals surface area contributed by atoms with Gasteiger partial charge in [0.15, 0.2) is 5.82 Å². The summed E-state index contributed by atoms with van der Waals surface area (Å²) >= 11 is 0. The van der Waals surface area contributed by atoms with E-state index >= 15 is 0 Å². The van der Waals surface area contributed by atoms with Gasteiger partial charge in [0.25, 0.3) is 0 Å². The van der Waals surface area contributed by atoms with E-state index in [2.05, 4.69) is 161 Å². The molecular formula is C49H32N4. The van der Waals surface area contributed by atoms with Crippen LogP contribution in [0.25, 0.3) is 94.6 Å². The van der Waals surface area contributed by atoms with Crippen LogP contribution in [0, 0.1) is 0 Å². The highest BCUT2D eigenvalue weighted by molar-refractivity contribution is 6.09. The summed E-state index contributed by atoms with van der Waals surface area (Å²) in [6.07, 6.45) is 1.82. The lowest BCUT2D eigenvalue weighted by atomic mass is 9.93. The summed E-state index contributed by atoms with van der Waals surface area (Å²) in [7, 11) is 0. The van der Waals surface area contributed by atoms with Crippen LogP contribution in [0.5, 0.6) is 0 Å². The molecule has 0 aliphatic heterocycles. The number of pyridine rings is 1. The van der Waals surface area contributed by atoms with Crippen LogP contribution >= 0.6 is 0 Å². The van der Waals surface area contributed by atoms with E-state index < -0.39 is 0 Å². The number of hydrogen-bond acceptors (Lipinski definition) is 3. The molecule has 53 heavy (non-hydrogen) atoms. The quantitative estimate of drug-likeness (QED) is 0.176. The molecule has 3 heterocycles. The van der Waals surface area contributed by atoms with Gasteiger partial charge in [-0.3, -0.25) is 4.98 Å². The molecule has 0 saturated carbocycles. The minimum atomic E-state index is 0.695. The lowest BCUT2D eigenvalue weighted by Crippen LogP contribution is -1.97. The number of hydrogen-bond donors (Lipinski definition) is 0. The van der Waals surface area contributed by atoms with Crippen molar-refractivity contribution >= 4 is 32.6 Å². The molecule has 0 aliphatic carbocycles. The molecule has 0 N–H and O–H groups in total. The molecule has 4 heteroatoms. The number of fused-ring (bicyclic) bond motifs is 4. The molecule has 0 radical (unpaired) electrons. The first-order valence-corrected chi connectivity index (χ1v) is 17.9. The summed E-state index contributed by atoms with van der Waals surface area (Å²) < 4.78 is 2.36. The Morgan fingerprint density at radius 2 is 0.868 bits per heavy atom. The van der Waals surface area contributed by atoms with Crippen molar-refractivity contribution in [2.75, 3.05) is 0 Å². The topological polar surface area (TPSA) is 43.6 Å². The normalized spacial score (nSPS) is 11.4. The average molecular weight is 677 g/mol. The maximum Gasteiger partial charge on any atom is 0.160 e. The van der Waals surface area contributed by atoms with Crippen molar-refractivity contribution in [1.82, 2.24) is 19.5 Å². The highest BCUT2D eigenvalue weighted by Crippen LogP contribution is 2.38. The van der Waals surface area contributed by atoms with Crippen LogP contribution < -0.4 is 0 Å². The van der Waals surface area contributed by atoms with Gasteiger partial charge in [-0.05, 0) is 64.4 Å². The third kappa shape index (κ3) is 5.45. The summed E-state index contributed by atoms with van der Waals surface area (Å²) in [5.74, 6) is 0.695. The Labute approximate surface area is 307 Å². The van der Waals surface area contributed by atoms with E-state index in [0.29, 0.717) is 5.82 Å². The Balaban J connectivity index is 1.07. The molecule has 4 nitrogen and oxygen atoms in total. The lowest BCUT2D eigenvalue weighted by molar-refractivity contribution is 1.18. The molecule has 10 aromatic rings. The summed E-state index contributed by atoms with van der Waals surface area (Å²) in [5.41, 5.74) is 12.7. The van der Waals surface area contributed by atoms with Crippen LogP contribution in [-0.2, 0) is 0 Å². The Morgan fingerprint density at radius 1 is 0.340 bits per heavy atom. The van der Waals surface area contributed by atoms with Gasteiger partial charge in [-0.25, -0.2) is 9.97 Å². The largest absolute Gasteiger partial charge is 0.309 e. The monoisotopic (exact) mass is 676 g/mol. The standard InChI is InChI=1S/C49H32N4/c1-2-12-36(13-3-1)49-51-45(35-23-21-34(22-24-35)44-18-10-11-31-50-44)32-46(52-49)41-30-29-38(39-14-4-5-15-40(39)41)33-25-27-37(28-26-33)53-47-19-8-6-16-42(47)43-17-7-9-20-48(43)53/h1-32H. The lowest BCUT2D eigenvalue weighted by Gasteiger charge is -2.14. The van der Waals surface area contributed by atoms with Gasteiger partial charge in [-0.15, -0.1) is 0 Å². The molecule has 0 fully saturated rings. The van der Waals surface area contributed by atoms with Crippen molar-refractivity contribution < 1.29 is 0 Å². The van der Waals surface area contributed by atoms with Crippen molar-refractivity contribution in [2.45, 2.75) is 0 Å². The Hall–Kier alpha value is -7.17. The summed E-state index contributed by atoms with van der Waals surface area (Å²) in [4.78, 5) is 14.8. The maximum atomic E-state index is 5.18. The molecular weight excluding hydrogens is 645 g/mol. The predicted molar refractivity (Wildman–Crippen MR) is 219 cm³/mol. The number of rotatable bonds is 6. The van der Waals surface area contributed by atoms with E-state index in [1.807, 2.05) is 42.6 Å². The van der Waals surface area contributed by atoms with Crippen molar-refractivity contribution in [3.63, 3.8) is 0 Å². The third-order valence-corrected chi connectivity index (χ3v) is 10.1. The fourth-order valence-corrected chi connectivity index (χ4v) is 7.56. The van der Waals surface area contributed by atoms with Gasteiger partial charge in [0, 0.05) is 44.9 Å². The Morgan fingerprint density at radius 3 is 1.53 bits per heavy atom. The predicted octanol–water partition coefficient (Wildman–Crippen LogP) is 12.5. The van der Waals surface area contributed by atoms with Crippen LogP contribution in [0.3, 0.4) is 0 Å². The van der Waals surface area contributed by atoms with E-state index in [9.17, 15) is 0 Å². The second kappa shape index (κ2) is 12.9. The second-order valence-electron chi connectivity index (χ2n) is 13.2. The van der Waals surface area contributed by atoms with Crippen molar-refractivity contribution in [3.05, 3.63) is 194 Å². The molecule has 3 aromatic heterocycles. The van der Waals surface area contributed by atoms with E-state index in [-0.39, 0.29) is 0 Å². The van der Waals surface area contributed by atoms with Crippen LogP contribution in [-0.4, -0.2) is 19.5 Å². The zero-order chi connectivity index (χ0) is 35.1. The van der Waals surface area contributed by atoms with Gasteiger partial charge in [0.2, 0.25) is 0 Å². The molecule has 0 saturated heterocycles. The maximum absolute atomic E-state index is 5.18. The Kier molecular flexibility index (Phi) is 7.43. The molecule has 10 rings (SSSR count). The van der Waals surface area contributed by atoms with Gasteiger partial charge in [-0.1, -0.05) is 146 Å². The smallest absolute Gasteiger partial charge is 0.160 e. The SMILES string of the molecule is c1ccc(-c2nc(-c3ccc(-c4ccccn4)cc3)cc(-c3ccc(-c4ccc(-n5c6ccccc6c6ccccc65)cc4)c4ccccc34)n2)cc1. The fourth-order valence-electron chi connectivity index (χ4n) is 7.56. The highest BCUT2D eigenvalue weighted by atomic mass is 15.0. The summed E-state index contributed by atoms with van der Waals surface area (Å²) in [5, 5.41) is 4.85. The average Bonchev–Trinajstić information content (AvgIpc) is 3.58. The van der Waals surface area contributed by atoms with Crippen LogP contribution in [0.1, 0.15) is 0 Å². The van der Waals surface area contributed by atoms with Crippen molar-refractivity contribution in [3.8, 4) is 62.0 Å². The van der Waals surface area contributed by atoms with Gasteiger partial charge >= 0.3 is 0 Å². The minimum Gasteiger partial charge on any atom is -0.309 e. The number of aromatic nitrogens is 4. The number of nitrogens with zero attached hydrogens (tertiary/aromatic N) is 4. The van der Waals surface area contributed by atoms with Gasteiger partial charge in [-0.2, -0.15) is 0 Å². The second-order valence-corrected chi connectivity index (χ2v) is 13.2. The van der Waals surface area contributed by atoms with E-state index in [4.69, 9.17) is 9.97 Å². The first-order valence-electron chi connectivity index (χ1n) is 17.9. The zero-order valence-electron chi connectivity index (χ0n) is 28.8. The summed E-state index contributed by atoms with van der Waals surface area (Å²) in [6, 6.07) is 66.1. The molecule has 0 aliphatic rings. The Bertz CT molecular complexity index is 2860. The molecule has 7 aromatic carbocycles. The molecule has 0 bridgehead atoms. The molecule has 0 spiro atoms.